The van der Waals surface area contributed by atoms with E-state index < -0.39 is 5.69 Å². The number of rotatable bonds is 6. The number of nitrogens with zero attached hydrogens (tertiary/aromatic N) is 4. The van der Waals surface area contributed by atoms with E-state index in [0.717, 1.165) is 34.9 Å². The number of H-pyrrole nitrogens is 2. The predicted molar refractivity (Wildman–Crippen MR) is 136 cm³/mol. The van der Waals surface area contributed by atoms with Crippen molar-refractivity contribution < 1.29 is 10.2 Å². The van der Waals surface area contributed by atoms with E-state index in [4.69, 9.17) is 9.98 Å². The molecule has 3 aromatic heterocycles. The van der Waals surface area contributed by atoms with Gasteiger partial charge in [0.2, 0.25) is 5.88 Å². The third-order valence-electron chi connectivity index (χ3n) is 6.19. The highest BCUT2D eigenvalue weighted by Gasteiger charge is 2.32. The summed E-state index contributed by atoms with van der Waals surface area (Å²) in [6.45, 7) is 0.604. The number of hydrogen-bond acceptors (Lipinski definition) is 7. The highest BCUT2D eigenvalue weighted by atomic mass is 127. The fourth-order valence-electron chi connectivity index (χ4n) is 4.34. The number of fused-ring (bicyclic) bond motifs is 1. The van der Waals surface area contributed by atoms with Crippen molar-refractivity contribution in [3.63, 3.8) is 0 Å². The van der Waals surface area contributed by atoms with Gasteiger partial charge < -0.3 is 20.5 Å². The zero-order valence-electron chi connectivity index (χ0n) is 18.3. The molecule has 1 fully saturated rings. The van der Waals surface area contributed by atoms with Crippen LogP contribution in [0.3, 0.4) is 0 Å². The Morgan fingerprint density at radius 2 is 2.09 bits per heavy atom. The van der Waals surface area contributed by atoms with Crippen molar-refractivity contribution in [2.45, 2.75) is 25.7 Å². The van der Waals surface area contributed by atoms with Gasteiger partial charge in [-0.2, -0.15) is 9.61 Å². The second-order valence-corrected chi connectivity index (χ2v) is 9.88. The molecule has 34 heavy (non-hydrogen) atoms. The van der Waals surface area contributed by atoms with Gasteiger partial charge in [0.1, 0.15) is 11.5 Å². The second-order valence-electron chi connectivity index (χ2n) is 8.64. The third-order valence-corrected chi connectivity index (χ3v) is 6.86. The van der Waals surface area contributed by atoms with E-state index in [1.807, 2.05) is 30.3 Å². The molecule has 0 radical (unpaired) electrons. The fourth-order valence-corrected chi connectivity index (χ4v) is 4.89. The second kappa shape index (κ2) is 9.22. The van der Waals surface area contributed by atoms with Crippen molar-refractivity contribution in [3.05, 3.63) is 67.0 Å². The van der Waals surface area contributed by atoms with Crippen molar-refractivity contribution in [2.24, 2.45) is 10.4 Å². The van der Waals surface area contributed by atoms with Crippen molar-refractivity contribution >= 4 is 45.8 Å². The Bertz CT molecular complexity index is 1520. The number of aliphatic hydroxyl groups excluding tert-OH is 1. The van der Waals surface area contributed by atoms with Gasteiger partial charge in [-0.1, -0.05) is 18.9 Å². The molecule has 0 saturated heterocycles. The molecule has 1 aromatic carbocycles. The van der Waals surface area contributed by atoms with Crippen LogP contribution in [0.25, 0.3) is 11.7 Å². The highest BCUT2D eigenvalue weighted by Crippen LogP contribution is 2.37. The molecule has 0 spiro atoms. The van der Waals surface area contributed by atoms with Crippen LogP contribution in [0.2, 0.25) is 0 Å². The van der Waals surface area contributed by atoms with E-state index in [0.29, 0.717) is 28.7 Å². The predicted octanol–water partition coefficient (Wildman–Crippen LogP) is 1.80. The molecule has 0 unspecified atom stereocenters. The van der Waals surface area contributed by atoms with Crippen LogP contribution in [0.4, 0.5) is 11.5 Å². The van der Waals surface area contributed by atoms with Crippen molar-refractivity contribution in [1.82, 2.24) is 24.6 Å². The maximum atomic E-state index is 11.5. The van der Waals surface area contributed by atoms with Gasteiger partial charge in [0.25, 0.3) is 0 Å². The van der Waals surface area contributed by atoms with Crippen LogP contribution in [0, 0.1) is 8.99 Å². The van der Waals surface area contributed by atoms with Crippen LogP contribution in [0.15, 0.2) is 46.3 Å². The normalized spacial score (nSPS) is 16.5. The van der Waals surface area contributed by atoms with Crippen molar-refractivity contribution in [3.8, 4) is 5.88 Å². The Morgan fingerprint density at radius 1 is 1.26 bits per heavy atom. The molecule has 5 rings (SSSR count). The lowest BCUT2D eigenvalue weighted by Gasteiger charge is -2.23. The Hall–Kier alpha value is -3.19. The molecule has 1 aliphatic carbocycles. The molecule has 0 atom stereocenters. The van der Waals surface area contributed by atoms with Crippen LogP contribution >= 0.6 is 22.6 Å². The lowest BCUT2D eigenvalue weighted by molar-refractivity contribution is 0.138. The monoisotopic (exact) mass is 573 g/mol. The minimum absolute atomic E-state index is 0.108. The van der Waals surface area contributed by atoms with Crippen LogP contribution in [-0.2, 0) is 0 Å². The Kier molecular flexibility index (Phi) is 6.13. The van der Waals surface area contributed by atoms with E-state index in [9.17, 15) is 15.0 Å². The molecule has 0 aliphatic heterocycles. The largest absolute Gasteiger partial charge is 0.493 e. The number of hydrogen-bond donors (Lipinski definition) is 5. The molecular weight excluding hydrogens is 549 g/mol. The molecule has 0 amide bonds. The molecule has 3 heterocycles. The smallest absolute Gasteiger partial charge is 0.326 e. The number of imidazole rings is 1. The summed E-state index contributed by atoms with van der Waals surface area (Å²) in [5.74, 6) is 0.327. The van der Waals surface area contributed by atoms with Crippen LogP contribution in [-0.4, -0.2) is 47.9 Å². The molecule has 4 aromatic rings. The average Bonchev–Trinajstić information content (AvgIpc) is 3.52. The van der Waals surface area contributed by atoms with Gasteiger partial charge in [0.15, 0.2) is 11.1 Å². The summed E-state index contributed by atoms with van der Waals surface area (Å²) in [4.78, 5) is 26.0. The molecule has 1 aliphatic rings. The van der Waals surface area contributed by atoms with Gasteiger partial charge in [0.05, 0.1) is 12.8 Å². The minimum Gasteiger partial charge on any atom is -0.493 e. The Morgan fingerprint density at radius 3 is 2.79 bits per heavy atom. The molecular formula is C23H24IN7O3. The molecule has 11 heteroatoms. The van der Waals surface area contributed by atoms with E-state index in [-0.39, 0.29) is 23.6 Å². The van der Waals surface area contributed by atoms with Crippen molar-refractivity contribution in [1.29, 1.82) is 0 Å². The fraction of sp³-hybridized carbons (Fsp3) is 0.304. The van der Waals surface area contributed by atoms with Gasteiger partial charge in [-0.25, -0.2) is 9.78 Å². The van der Waals surface area contributed by atoms with Crippen LogP contribution in [0.5, 0.6) is 5.88 Å². The van der Waals surface area contributed by atoms with Gasteiger partial charge in [0, 0.05) is 32.5 Å². The lowest BCUT2D eigenvalue weighted by atomic mass is 9.87. The van der Waals surface area contributed by atoms with Gasteiger partial charge in [-0.3, -0.25) is 9.98 Å². The third kappa shape index (κ3) is 4.57. The number of aromatic hydroxyl groups is 1. The summed E-state index contributed by atoms with van der Waals surface area (Å²) in [7, 11) is 0. The molecule has 1 saturated carbocycles. The first-order valence-corrected chi connectivity index (χ1v) is 12.1. The number of aromatic amines is 2. The lowest BCUT2D eigenvalue weighted by Crippen LogP contribution is -2.28. The van der Waals surface area contributed by atoms with Crippen LogP contribution < -0.4 is 21.7 Å². The van der Waals surface area contributed by atoms with E-state index in [1.165, 1.54) is 0 Å². The Balaban J connectivity index is 1.65. The molecule has 0 bridgehead atoms. The molecule has 5 N–H and O–H groups in total. The minimum atomic E-state index is -0.504. The number of halogens is 1. The van der Waals surface area contributed by atoms with Gasteiger partial charge >= 0.3 is 5.69 Å². The number of anilines is 2. The summed E-state index contributed by atoms with van der Waals surface area (Å²) >= 11 is 2.25. The highest BCUT2D eigenvalue weighted by molar-refractivity contribution is 14.1. The first-order chi connectivity index (χ1) is 16.4. The standard InChI is InChI=1S/C23H24IN7O3/c24-15-4-3-5-16(9-15)27-18-10-19(25-12-23(13-32)6-1-2-7-23)31-20(29-18)14(11-26-31)8-17-21(33)30-22(34)28-17/h3-5,8-11,27,32-33H,1-2,6-7,12-13H2,(H2,28,30,34). The summed E-state index contributed by atoms with van der Waals surface area (Å²) in [5, 5.41) is 28.4. The number of nitrogens with one attached hydrogen (secondary N) is 3. The van der Waals surface area contributed by atoms with E-state index >= 15 is 0 Å². The topological polar surface area (TPSA) is 144 Å². The molecule has 10 nitrogen and oxygen atoms in total. The zero-order chi connectivity index (χ0) is 23.7. The Labute approximate surface area is 207 Å². The summed E-state index contributed by atoms with van der Waals surface area (Å²) in [6.07, 6.45) is 7.31. The first kappa shape index (κ1) is 22.6. The van der Waals surface area contributed by atoms with Crippen molar-refractivity contribution in [2.75, 3.05) is 18.5 Å². The summed E-state index contributed by atoms with van der Waals surface area (Å²) in [5.41, 5.74) is 1.54. The van der Waals surface area contributed by atoms with Crippen LogP contribution in [0.1, 0.15) is 31.4 Å². The van der Waals surface area contributed by atoms with Gasteiger partial charge in [-0.15, -0.1) is 0 Å². The summed E-state index contributed by atoms with van der Waals surface area (Å²) < 4.78 is 2.72. The quantitative estimate of drug-likeness (QED) is 0.223. The first-order valence-electron chi connectivity index (χ1n) is 11.0. The molecule has 176 valence electrons. The summed E-state index contributed by atoms with van der Waals surface area (Å²) in [6, 6.07) is 9.76. The maximum absolute atomic E-state index is 11.5. The number of aliphatic hydroxyl groups is 1. The van der Waals surface area contributed by atoms with E-state index in [2.05, 4.69) is 43.0 Å². The zero-order valence-corrected chi connectivity index (χ0v) is 20.4. The SMILES string of the molecule is O=c1[nH]c(O)c(C=c2cnn3c(=NCC4(CO)CCCC4)cc(Nc4cccc(I)c4)nc23)[nH]1. The number of aromatic nitrogens is 5. The maximum Gasteiger partial charge on any atom is 0.326 e. The number of benzene rings is 1. The van der Waals surface area contributed by atoms with Gasteiger partial charge in [-0.05, 0) is 59.7 Å². The van der Waals surface area contributed by atoms with E-state index in [1.54, 1.807) is 16.8 Å². The average molecular weight is 573 g/mol.